The Morgan fingerprint density at radius 1 is 1.14 bits per heavy atom. The van der Waals surface area contributed by atoms with Crippen molar-refractivity contribution in [1.29, 1.82) is 0 Å². The summed E-state index contributed by atoms with van der Waals surface area (Å²) < 4.78 is 6.39. The van der Waals surface area contributed by atoms with E-state index in [9.17, 15) is 10.1 Å². The third-order valence-corrected chi connectivity index (χ3v) is 4.48. The van der Waals surface area contributed by atoms with Gasteiger partial charge in [-0.25, -0.2) is 0 Å². The summed E-state index contributed by atoms with van der Waals surface area (Å²) in [6.45, 7) is 5.95. The molecule has 0 bridgehead atoms. The number of hydrogen-bond acceptors (Lipinski definition) is 4. The maximum atomic E-state index is 10.8. The van der Waals surface area contributed by atoms with Crippen molar-refractivity contribution < 1.29 is 9.66 Å². The van der Waals surface area contributed by atoms with Crippen LogP contribution in [0.4, 0.5) is 11.4 Å². The second-order valence-corrected chi connectivity index (χ2v) is 6.88. The van der Waals surface area contributed by atoms with Gasteiger partial charge in [0.05, 0.1) is 16.1 Å². The SMILES string of the molecule is CC1(C)CN(c2ccc([N+](=O)[O-])cc2)CC2(CCCC2)O1. The number of benzene rings is 1. The van der Waals surface area contributed by atoms with E-state index in [1.807, 2.05) is 12.1 Å². The number of nitrogens with zero attached hydrogens (tertiary/aromatic N) is 2. The van der Waals surface area contributed by atoms with Crippen molar-refractivity contribution in [3.63, 3.8) is 0 Å². The monoisotopic (exact) mass is 290 g/mol. The van der Waals surface area contributed by atoms with E-state index in [0.717, 1.165) is 31.6 Å². The van der Waals surface area contributed by atoms with Crippen LogP contribution in [0.1, 0.15) is 39.5 Å². The number of anilines is 1. The van der Waals surface area contributed by atoms with E-state index >= 15 is 0 Å². The minimum absolute atomic E-state index is 0.0382. The van der Waals surface area contributed by atoms with Gasteiger partial charge in [-0.15, -0.1) is 0 Å². The zero-order valence-electron chi connectivity index (χ0n) is 12.7. The number of rotatable bonds is 2. The topological polar surface area (TPSA) is 55.6 Å². The summed E-state index contributed by atoms with van der Waals surface area (Å²) >= 11 is 0. The predicted molar refractivity (Wildman–Crippen MR) is 81.7 cm³/mol. The van der Waals surface area contributed by atoms with Gasteiger partial charge in [0.15, 0.2) is 0 Å². The van der Waals surface area contributed by atoms with Gasteiger partial charge in [0, 0.05) is 30.9 Å². The molecule has 0 atom stereocenters. The molecule has 0 amide bonds. The second kappa shape index (κ2) is 4.98. The van der Waals surface area contributed by atoms with Gasteiger partial charge in [0.1, 0.15) is 0 Å². The van der Waals surface area contributed by atoms with Crippen molar-refractivity contribution in [3.8, 4) is 0 Å². The van der Waals surface area contributed by atoms with Crippen molar-refractivity contribution in [3.05, 3.63) is 34.4 Å². The molecule has 0 radical (unpaired) electrons. The zero-order chi connectivity index (χ0) is 15.1. The molecular weight excluding hydrogens is 268 g/mol. The van der Waals surface area contributed by atoms with Gasteiger partial charge in [-0.2, -0.15) is 0 Å². The van der Waals surface area contributed by atoms with E-state index in [4.69, 9.17) is 4.74 Å². The lowest BCUT2D eigenvalue weighted by molar-refractivity contribution is -0.384. The Hall–Kier alpha value is -1.62. The summed E-state index contributed by atoms with van der Waals surface area (Å²) in [6, 6.07) is 6.86. The van der Waals surface area contributed by atoms with Crippen LogP contribution in [0, 0.1) is 10.1 Å². The molecule has 3 rings (SSSR count). The van der Waals surface area contributed by atoms with Gasteiger partial charge in [0.25, 0.3) is 5.69 Å². The fourth-order valence-electron chi connectivity index (χ4n) is 3.76. The summed E-state index contributed by atoms with van der Waals surface area (Å²) in [5.74, 6) is 0. The lowest BCUT2D eigenvalue weighted by Gasteiger charge is -2.49. The molecule has 0 unspecified atom stereocenters. The average molecular weight is 290 g/mol. The first-order valence-electron chi connectivity index (χ1n) is 7.59. The number of ether oxygens (including phenoxy) is 1. The highest BCUT2D eigenvalue weighted by molar-refractivity contribution is 5.52. The number of nitro groups is 1. The molecule has 1 saturated carbocycles. The molecule has 1 saturated heterocycles. The Balaban J connectivity index is 1.85. The number of morpholine rings is 1. The lowest BCUT2D eigenvalue weighted by atomic mass is 9.93. The Labute approximate surface area is 125 Å². The summed E-state index contributed by atoms with van der Waals surface area (Å²) in [5.41, 5.74) is 0.957. The Bertz CT molecular complexity index is 533. The minimum atomic E-state index is -0.356. The summed E-state index contributed by atoms with van der Waals surface area (Å²) in [6.07, 6.45) is 4.67. The maximum absolute atomic E-state index is 10.8. The van der Waals surface area contributed by atoms with Crippen LogP contribution >= 0.6 is 0 Å². The van der Waals surface area contributed by atoms with Crippen molar-refractivity contribution in [2.24, 2.45) is 0 Å². The lowest BCUT2D eigenvalue weighted by Crippen LogP contribution is -2.58. The summed E-state index contributed by atoms with van der Waals surface area (Å²) in [5, 5.41) is 10.8. The van der Waals surface area contributed by atoms with E-state index in [1.165, 1.54) is 12.8 Å². The predicted octanol–water partition coefficient (Wildman–Crippen LogP) is 3.52. The molecule has 2 aliphatic rings. The molecular formula is C16H22N2O3. The standard InChI is InChI=1S/C16H22N2O3/c1-15(2)11-17(12-16(21-15)9-3-4-10-16)13-5-7-14(8-6-13)18(19)20/h5-8H,3-4,9-12H2,1-2H3. The average Bonchev–Trinajstić information content (AvgIpc) is 2.84. The first-order chi connectivity index (χ1) is 9.89. The second-order valence-electron chi connectivity index (χ2n) is 6.88. The van der Waals surface area contributed by atoms with Gasteiger partial charge in [-0.3, -0.25) is 10.1 Å². The van der Waals surface area contributed by atoms with Crippen LogP contribution in [0.25, 0.3) is 0 Å². The minimum Gasteiger partial charge on any atom is -0.366 e. The largest absolute Gasteiger partial charge is 0.366 e. The van der Waals surface area contributed by atoms with Gasteiger partial charge in [-0.05, 0) is 38.8 Å². The maximum Gasteiger partial charge on any atom is 0.269 e. The molecule has 5 nitrogen and oxygen atoms in total. The molecule has 2 fully saturated rings. The summed E-state index contributed by atoms with van der Waals surface area (Å²) in [7, 11) is 0. The molecule has 0 N–H and O–H groups in total. The molecule has 5 heteroatoms. The molecule has 1 aromatic rings. The Morgan fingerprint density at radius 3 is 2.33 bits per heavy atom. The van der Waals surface area contributed by atoms with Crippen LogP contribution in [-0.4, -0.2) is 29.2 Å². The number of nitro benzene ring substituents is 1. The first-order valence-corrected chi connectivity index (χ1v) is 7.59. The zero-order valence-corrected chi connectivity index (χ0v) is 12.7. The molecule has 1 aromatic carbocycles. The molecule has 0 aromatic heterocycles. The first kappa shape index (κ1) is 14.3. The van der Waals surface area contributed by atoms with Crippen molar-refractivity contribution in [2.45, 2.75) is 50.7 Å². The fraction of sp³-hybridized carbons (Fsp3) is 0.625. The molecule has 1 aliphatic carbocycles. The molecule has 1 heterocycles. The molecule has 21 heavy (non-hydrogen) atoms. The van der Waals surface area contributed by atoms with Crippen molar-refractivity contribution in [2.75, 3.05) is 18.0 Å². The number of hydrogen-bond donors (Lipinski definition) is 0. The number of non-ortho nitro benzene ring substituents is 1. The smallest absolute Gasteiger partial charge is 0.269 e. The molecule has 1 spiro atoms. The van der Waals surface area contributed by atoms with Crippen LogP contribution in [-0.2, 0) is 4.74 Å². The summed E-state index contributed by atoms with van der Waals surface area (Å²) in [4.78, 5) is 12.7. The quantitative estimate of drug-likeness (QED) is 0.617. The van der Waals surface area contributed by atoms with E-state index in [2.05, 4.69) is 18.7 Å². The van der Waals surface area contributed by atoms with E-state index in [1.54, 1.807) is 12.1 Å². The van der Waals surface area contributed by atoms with Gasteiger partial charge < -0.3 is 9.64 Å². The van der Waals surface area contributed by atoms with Crippen LogP contribution in [0.5, 0.6) is 0 Å². The normalized spacial score (nSPS) is 23.4. The van der Waals surface area contributed by atoms with E-state index in [-0.39, 0.29) is 21.8 Å². The Kier molecular flexibility index (Phi) is 3.40. The van der Waals surface area contributed by atoms with Gasteiger partial charge in [-0.1, -0.05) is 12.8 Å². The van der Waals surface area contributed by atoms with Gasteiger partial charge in [0.2, 0.25) is 0 Å². The van der Waals surface area contributed by atoms with E-state index < -0.39 is 0 Å². The fourth-order valence-corrected chi connectivity index (χ4v) is 3.76. The van der Waals surface area contributed by atoms with Gasteiger partial charge >= 0.3 is 0 Å². The highest BCUT2D eigenvalue weighted by Gasteiger charge is 2.45. The molecule has 1 aliphatic heterocycles. The van der Waals surface area contributed by atoms with Crippen LogP contribution < -0.4 is 4.90 Å². The Morgan fingerprint density at radius 2 is 1.76 bits per heavy atom. The van der Waals surface area contributed by atoms with Crippen LogP contribution in [0.3, 0.4) is 0 Å². The van der Waals surface area contributed by atoms with E-state index in [0.29, 0.717) is 0 Å². The third kappa shape index (κ3) is 2.88. The van der Waals surface area contributed by atoms with Crippen molar-refractivity contribution >= 4 is 11.4 Å². The third-order valence-electron chi connectivity index (χ3n) is 4.48. The van der Waals surface area contributed by atoms with Crippen molar-refractivity contribution in [1.82, 2.24) is 0 Å². The van der Waals surface area contributed by atoms with Crippen LogP contribution in [0.15, 0.2) is 24.3 Å². The van der Waals surface area contributed by atoms with Crippen LogP contribution in [0.2, 0.25) is 0 Å². The molecule has 114 valence electrons. The highest BCUT2D eigenvalue weighted by atomic mass is 16.6. The highest BCUT2D eigenvalue weighted by Crippen LogP contribution is 2.41.